The van der Waals surface area contributed by atoms with Crippen LogP contribution in [0.2, 0.25) is 0 Å². The Hall–Kier alpha value is -0.120. The summed E-state index contributed by atoms with van der Waals surface area (Å²) in [5, 5.41) is 9.41. The van der Waals surface area contributed by atoms with Gasteiger partial charge in [-0.15, -0.1) is 0 Å². The lowest BCUT2D eigenvalue weighted by molar-refractivity contribution is -0.149. The predicted octanol–water partition coefficient (Wildman–Crippen LogP) is 7.54. The molecule has 2 atom stereocenters. The number of hydrogen-bond donors (Lipinski definition) is 1. The molecular formula is C25H50O3. The fraction of sp³-hybridized carbons (Fsp3) is 1.00. The van der Waals surface area contributed by atoms with E-state index >= 15 is 0 Å². The Morgan fingerprint density at radius 3 is 1.32 bits per heavy atom. The van der Waals surface area contributed by atoms with Gasteiger partial charge in [0, 0.05) is 0 Å². The smallest absolute Gasteiger partial charge is 0.163 e. The molecule has 1 rings (SSSR count). The second-order valence-corrected chi connectivity index (χ2v) is 9.34. The lowest BCUT2D eigenvalue weighted by Crippen LogP contribution is -2.26. The van der Waals surface area contributed by atoms with Gasteiger partial charge in [0.1, 0.15) is 6.10 Å². The van der Waals surface area contributed by atoms with Crippen molar-refractivity contribution in [2.24, 2.45) is 0 Å². The third-order valence-electron chi connectivity index (χ3n) is 6.06. The van der Waals surface area contributed by atoms with Crippen LogP contribution in [-0.4, -0.2) is 29.7 Å². The van der Waals surface area contributed by atoms with Crippen LogP contribution in [0, 0.1) is 0 Å². The number of unbranched alkanes of at least 4 members (excludes halogenated alkanes) is 16. The summed E-state index contributed by atoms with van der Waals surface area (Å²) in [7, 11) is 0. The van der Waals surface area contributed by atoms with E-state index in [4.69, 9.17) is 9.47 Å². The average molecular weight is 399 g/mol. The Morgan fingerprint density at radius 1 is 0.571 bits per heavy atom. The molecule has 0 aliphatic carbocycles. The van der Waals surface area contributed by atoms with Gasteiger partial charge in [-0.1, -0.05) is 116 Å². The topological polar surface area (TPSA) is 38.7 Å². The highest BCUT2D eigenvalue weighted by atomic mass is 16.8. The van der Waals surface area contributed by atoms with Crippen molar-refractivity contribution < 1.29 is 14.6 Å². The Labute approximate surface area is 176 Å². The first-order valence-electron chi connectivity index (χ1n) is 12.6. The van der Waals surface area contributed by atoms with Gasteiger partial charge in [0.05, 0.1) is 12.7 Å². The highest BCUT2D eigenvalue weighted by Crippen LogP contribution is 2.30. The molecule has 0 amide bonds. The van der Waals surface area contributed by atoms with Crippen molar-refractivity contribution in [1.29, 1.82) is 0 Å². The molecule has 0 aromatic carbocycles. The number of aliphatic hydroxyl groups excluding tert-OH is 1. The van der Waals surface area contributed by atoms with Gasteiger partial charge in [0.25, 0.3) is 0 Å². The van der Waals surface area contributed by atoms with Crippen molar-refractivity contribution in [2.75, 3.05) is 6.61 Å². The summed E-state index contributed by atoms with van der Waals surface area (Å²) in [6.45, 7) is 6.22. The minimum atomic E-state index is -0.535. The summed E-state index contributed by atoms with van der Waals surface area (Å²) in [4.78, 5) is 0. The molecule has 3 nitrogen and oxygen atoms in total. The quantitative estimate of drug-likeness (QED) is 0.228. The Balaban J connectivity index is 1.78. The maximum atomic E-state index is 9.41. The fourth-order valence-corrected chi connectivity index (χ4v) is 4.38. The molecule has 168 valence electrons. The molecule has 0 bridgehead atoms. The molecule has 1 N–H and O–H groups in total. The van der Waals surface area contributed by atoms with Crippen molar-refractivity contribution in [3.8, 4) is 0 Å². The van der Waals surface area contributed by atoms with E-state index < -0.39 is 5.79 Å². The molecule has 1 fully saturated rings. The van der Waals surface area contributed by atoms with E-state index in [-0.39, 0.29) is 18.8 Å². The predicted molar refractivity (Wildman–Crippen MR) is 120 cm³/mol. The van der Waals surface area contributed by atoms with Crippen molar-refractivity contribution >= 4 is 0 Å². The van der Waals surface area contributed by atoms with Gasteiger partial charge in [0.15, 0.2) is 5.79 Å². The summed E-state index contributed by atoms with van der Waals surface area (Å²) in [5.74, 6) is -0.535. The van der Waals surface area contributed by atoms with Crippen LogP contribution in [0.25, 0.3) is 0 Å². The first kappa shape index (κ1) is 25.9. The molecule has 2 unspecified atom stereocenters. The van der Waals surface area contributed by atoms with Crippen LogP contribution in [0.4, 0.5) is 0 Å². The summed E-state index contributed by atoms with van der Waals surface area (Å²) in [6.07, 6.45) is 24.7. The number of aliphatic hydroxyl groups is 1. The van der Waals surface area contributed by atoms with Crippen LogP contribution in [0.3, 0.4) is 0 Å². The number of rotatable bonds is 19. The molecule has 0 aromatic rings. The van der Waals surface area contributed by atoms with Crippen molar-refractivity contribution in [3.05, 3.63) is 0 Å². The van der Waals surface area contributed by atoms with Gasteiger partial charge < -0.3 is 14.6 Å². The zero-order valence-corrected chi connectivity index (χ0v) is 19.4. The Bertz CT molecular complexity index is 343. The molecule has 1 heterocycles. The van der Waals surface area contributed by atoms with E-state index in [0.29, 0.717) is 0 Å². The number of ether oxygens (including phenoxy) is 2. The summed E-state index contributed by atoms with van der Waals surface area (Å²) >= 11 is 0. The third-order valence-corrected chi connectivity index (χ3v) is 6.06. The van der Waals surface area contributed by atoms with Crippen molar-refractivity contribution in [1.82, 2.24) is 0 Å². The largest absolute Gasteiger partial charge is 0.394 e. The fourth-order valence-electron chi connectivity index (χ4n) is 4.38. The summed E-state index contributed by atoms with van der Waals surface area (Å²) in [6, 6.07) is 0. The van der Waals surface area contributed by atoms with Gasteiger partial charge in [0.2, 0.25) is 0 Å². The van der Waals surface area contributed by atoms with Crippen LogP contribution < -0.4 is 0 Å². The second-order valence-electron chi connectivity index (χ2n) is 9.34. The average Bonchev–Trinajstić information content (AvgIpc) is 2.98. The zero-order valence-electron chi connectivity index (χ0n) is 19.4. The van der Waals surface area contributed by atoms with E-state index in [0.717, 1.165) is 6.42 Å². The summed E-state index contributed by atoms with van der Waals surface area (Å²) < 4.78 is 11.6. The molecule has 0 spiro atoms. The maximum Gasteiger partial charge on any atom is 0.163 e. The normalized spacial score (nSPS) is 21.4. The molecule has 1 aliphatic rings. The molecule has 0 saturated carbocycles. The number of hydrogen-bond acceptors (Lipinski definition) is 3. The van der Waals surface area contributed by atoms with Gasteiger partial charge >= 0.3 is 0 Å². The molecule has 28 heavy (non-hydrogen) atoms. The van der Waals surface area contributed by atoms with E-state index in [9.17, 15) is 5.11 Å². The van der Waals surface area contributed by atoms with E-state index in [2.05, 4.69) is 6.92 Å². The SMILES string of the molecule is CCCCCCCCCCCCCCCCCCCC1OC(C)(C)OC1CO. The van der Waals surface area contributed by atoms with Crippen LogP contribution in [0.5, 0.6) is 0 Å². The van der Waals surface area contributed by atoms with Crippen molar-refractivity contribution in [2.45, 2.75) is 154 Å². The maximum absolute atomic E-state index is 9.41. The first-order chi connectivity index (χ1) is 13.6. The molecule has 1 aliphatic heterocycles. The van der Waals surface area contributed by atoms with Crippen LogP contribution >= 0.6 is 0 Å². The molecule has 1 saturated heterocycles. The lowest BCUT2D eigenvalue weighted by Gasteiger charge is -2.16. The van der Waals surface area contributed by atoms with Gasteiger partial charge in [-0.2, -0.15) is 0 Å². The van der Waals surface area contributed by atoms with Gasteiger partial charge in [-0.25, -0.2) is 0 Å². The second kappa shape index (κ2) is 16.7. The zero-order chi connectivity index (χ0) is 20.5. The monoisotopic (exact) mass is 398 g/mol. The summed E-state index contributed by atoms with van der Waals surface area (Å²) in [5.41, 5.74) is 0. The lowest BCUT2D eigenvalue weighted by atomic mass is 10.0. The standard InChI is InChI=1S/C25H50O3/c1-4-5-6-7-8-9-10-11-12-13-14-15-16-17-18-19-20-21-23-24(22-26)28-25(2,3)27-23/h23-24,26H,4-22H2,1-3H3. The van der Waals surface area contributed by atoms with Crippen LogP contribution in [-0.2, 0) is 9.47 Å². The van der Waals surface area contributed by atoms with Gasteiger partial charge in [-0.3, -0.25) is 0 Å². The van der Waals surface area contributed by atoms with Crippen LogP contribution in [0.1, 0.15) is 136 Å². The van der Waals surface area contributed by atoms with E-state index in [1.807, 2.05) is 13.8 Å². The highest BCUT2D eigenvalue weighted by Gasteiger charge is 2.40. The van der Waals surface area contributed by atoms with E-state index in [1.165, 1.54) is 109 Å². The van der Waals surface area contributed by atoms with Crippen LogP contribution in [0.15, 0.2) is 0 Å². The minimum Gasteiger partial charge on any atom is -0.394 e. The molecule has 0 aromatic heterocycles. The third kappa shape index (κ3) is 13.2. The minimum absolute atomic E-state index is 0.0626. The molecular weight excluding hydrogens is 348 g/mol. The Kier molecular flexibility index (Phi) is 15.4. The molecule has 0 radical (unpaired) electrons. The highest BCUT2D eigenvalue weighted by molar-refractivity contribution is 4.80. The molecule has 3 heteroatoms. The van der Waals surface area contributed by atoms with Gasteiger partial charge in [-0.05, 0) is 20.3 Å². The first-order valence-corrected chi connectivity index (χ1v) is 12.6. The van der Waals surface area contributed by atoms with E-state index in [1.54, 1.807) is 0 Å². The Morgan fingerprint density at radius 2 is 0.929 bits per heavy atom. The van der Waals surface area contributed by atoms with Crippen molar-refractivity contribution in [3.63, 3.8) is 0 Å².